The van der Waals surface area contributed by atoms with Crippen molar-refractivity contribution in [3.8, 4) is 0 Å². The first kappa shape index (κ1) is 10.1. The number of hydrogen-bond donors (Lipinski definition) is 0. The van der Waals surface area contributed by atoms with Crippen molar-refractivity contribution in [3.05, 3.63) is 0 Å². The van der Waals surface area contributed by atoms with E-state index < -0.39 is 0 Å². The van der Waals surface area contributed by atoms with Crippen LogP contribution >= 0.6 is 0 Å². The predicted octanol–water partition coefficient (Wildman–Crippen LogP) is 0.721. The van der Waals surface area contributed by atoms with Gasteiger partial charge >= 0.3 is 0 Å². The molecule has 0 aromatic heterocycles. The highest BCUT2D eigenvalue weighted by molar-refractivity contribution is 6.35. The van der Waals surface area contributed by atoms with E-state index in [4.69, 9.17) is 0 Å². The molecule has 1 saturated heterocycles. The van der Waals surface area contributed by atoms with Crippen LogP contribution in [0.4, 0.5) is 0 Å². The number of hydrogen-bond acceptors (Lipinski definition) is 2. The van der Waals surface area contributed by atoms with Crippen molar-refractivity contribution in [2.24, 2.45) is 0 Å². The van der Waals surface area contributed by atoms with Gasteiger partial charge in [0.05, 0.1) is 0 Å². The fourth-order valence-corrected chi connectivity index (χ4v) is 1.75. The molecule has 0 aromatic rings. The fraction of sp³-hybridized carbons (Fsp3) is 1.00. The second kappa shape index (κ2) is 4.29. The maximum absolute atomic E-state index is 2.55. The molecule has 69 valence electrons. The van der Waals surface area contributed by atoms with Gasteiger partial charge in [-0.1, -0.05) is 6.82 Å². The van der Waals surface area contributed by atoms with Crippen molar-refractivity contribution in [1.82, 2.24) is 9.80 Å². The van der Waals surface area contributed by atoms with Gasteiger partial charge in [0.2, 0.25) is 0 Å². The maximum Gasteiger partial charge on any atom is 0.131 e. The molecular weight excluding hydrogens is 147 g/mol. The summed E-state index contributed by atoms with van der Waals surface area (Å²) in [6.07, 6.45) is 0. The molecular formula is C9H20BN2. The van der Waals surface area contributed by atoms with Gasteiger partial charge in [-0.3, -0.25) is 4.90 Å². The van der Waals surface area contributed by atoms with E-state index in [2.05, 4.69) is 44.8 Å². The van der Waals surface area contributed by atoms with Gasteiger partial charge in [-0.25, -0.2) is 0 Å². The number of piperazine rings is 1. The van der Waals surface area contributed by atoms with Gasteiger partial charge < -0.3 is 4.90 Å². The molecule has 0 bridgehead atoms. The van der Waals surface area contributed by atoms with Gasteiger partial charge in [-0.15, -0.1) is 0 Å². The van der Waals surface area contributed by atoms with Crippen LogP contribution in [0.5, 0.6) is 0 Å². The van der Waals surface area contributed by atoms with Crippen molar-refractivity contribution in [3.63, 3.8) is 0 Å². The summed E-state index contributed by atoms with van der Waals surface area (Å²) in [5.41, 5.74) is 0. The maximum atomic E-state index is 2.55. The Hall–Kier alpha value is -0.0151. The Morgan fingerprint density at radius 2 is 2.00 bits per heavy atom. The Morgan fingerprint density at radius 1 is 1.33 bits per heavy atom. The van der Waals surface area contributed by atoms with Gasteiger partial charge in [0, 0.05) is 25.7 Å². The monoisotopic (exact) mass is 167 g/mol. The molecule has 1 radical (unpaired) electrons. The second-order valence-corrected chi connectivity index (χ2v) is 3.97. The molecule has 0 aliphatic carbocycles. The lowest BCUT2D eigenvalue weighted by atomic mass is 9.70. The summed E-state index contributed by atoms with van der Waals surface area (Å²) < 4.78 is 0. The lowest BCUT2D eigenvalue weighted by molar-refractivity contribution is 0.107. The molecule has 0 amide bonds. The zero-order chi connectivity index (χ0) is 9.14. The third-order valence-corrected chi connectivity index (χ3v) is 2.84. The minimum absolute atomic E-state index is 0.654. The predicted molar refractivity (Wildman–Crippen MR) is 54.7 cm³/mol. The van der Waals surface area contributed by atoms with Gasteiger partial charge in [-0.2, -0.15) is 0 Å². The fourth-order valence-electron chi connectivity index (χ4n) is 1.75. The van der Waals surface area contributed by atoms with Gasteiger partial charge in [0.1, 0.15) is 7.28 Å². The van der Waals surface area contributed by atoms with Crippen LogP contribution in [-0.4, -0.2) is 55.7 Å². The first-order valence-electron chi connectivity index (χ1n) is 4.89. The Bertz CT molecular complexity index is 138. The molecule has 1 aliphatic heterocycles. The smallest absolute Gasteiger partial charge is 0.131 e. The van der Waals surface area contributed by atoms with E-state index in [0.717, 1.165) is 0 Å². The molecule has 1 aliphatic rings. The average Bonchev–Trinajstić information content (AvgIpc) is 2.05. The van der Waals surface area contributed by atoms with Crippen LogP contribution in [0.1, 0.15) is 13.8 Å². The van der Waals surface area contributed by atoms with Crippen LogP contribution in [0.3, 0.4) is 0 Å². The van der Waals surface area contributed by atoms with Crippen molar-refractivity contribution in [2.75, 3.05) is 26.7 Å². The zero-order valence-electron chi connectivity index (χ0n) is 8.75. The van der Waals surface area contributed by atoms with E-state index in [9.17, 15) is 0 Å². The van der Waals surface area contributed by atoms with Crippen LogP contribution in [0, 0.1) is 0 Å². The molecule has 1 atom stereocenters. The molecule has 0 aromatic carbocycles. The number of nitrogens with zero attached hydrogens (tertiary/aromatic N) is 2. The minimum atomic E-state index is 0.654. The lowest BCUT2D eigenvalue weighted by Crippen LogP contribution is -2.55. The first-order chi connectivity index (χ1) is 5.65. The van der Waals surface area contributed by atoms with E-state index >= 15 is 0 Å². The van der Waals surface area contributed by atoms with Crippen LogP contribution < -0.4 is 0 Å². The number of rotatable bonds is 2. The summed E-state index contributed by atoms with van der Waals surface area (Å²) in [6, 6.07) is 0.696. The van der Waals surface area contributed by atoms with Crippen LogP contribution in [-0.2, 0) is 0 Å². The highest BCUT2D eigenvalue weighted by atomic mass is 15.3. The summed E-state index contributed by atoms with van der Waals surface area (Å²) in [4.78, 5) is 4.98. The normalized spacial score (nSPS) is 27.9. The minimum Gasteiger partial charge on any atom is -0.309 e. The quantitative estimate of drug-likeness (QED) is 0.559. The van der Waals surface area contributed by atoms with Crippen molar-refractivity contribution in [1.29, 1.82) is 0 Å². The van der Waals surface area contributed by atoms with Crippen molar-refractivity contribution < 1.29 is 0 Å². The highest BCUT2D eigenvalue weighted by Gasteiger charge is 2.23. The van der Waals surface area contributed by atoms with Crippen molar-refractivity contribution in [2.45, 2.75) is 32.7 Å². The summed E-state index contributed by atoms with van der Waals surface area (Å²) in [7, 11) is 4.51. The second-order valence-electron chi connectivity index (χ2n) is 3.97. The molecule has 1 unspecified atom stereocenters. The largest absolute Gasteiger partial charge is 0.309 e. The van der Waals surface area contributed by atoms with E-state index in [1.165, 1.54) is 19.6 Å². The topological polar surface area (TPSA) is 6.48 Å². The van der Waals surface area contributed by atoms with Crippen LogP contribution in [0.15, 0.2) is 0 Å². The first-order valence-corrected chi connectivity index (χ1v) is 4.89. The van der Waals surface area contributed by atoms with E-state index in [-0.39, 0.29) is 0 Å². The van der Waals surface area contributed by atoms with E-state index in [0.29, 0.717) is 12.0 Å². The Balaban J connectivity index is 2.44. The van der Waals surface area contributed by atoms with E-state index in [1.807, 2.05) is 0 Å². The molecule has 0 spiro atoms. The van der Waals surface area contributed by atoms with Gasteiger partial charge in [0.25, 0.3) is 0 Å². The zero-order valence-corrected chi connectivity index (χ0v) is 8.75. The van der Waals surface area contributed by atoms with E-state index in [1.54, 1.807) is 0 Å². The van der Waals surface area contributed by atoms with Crippen LogP contribution in [0.2, 0.25) is 6.82 Å². The Kier molecular flexibility index (Phi) is 3.60. The molecule has 0 saturated carbocycles. The average molecular weight is 167 g/mol. The summed E-state index contributed by atoms with van der Waals surface area (Å²) in [6.45, 7) is 10.3. The summed E-state index contributed by atoms with van der Waals surface area (Å²) in [5, 5.41) is 0. The third-order valence-electron chi connectivity index (χ3n) is 2.84. The molecule has 2 nitrogen and oxygen atoms in total. The van der Waals surface area contributed by atoms with Gasteiger partial charge in [0.15, 0.2) is 0 Å². The lowest BCUT2D eigenvalue weighted by Gasteiger charge is -2.41. The van der Waals surface area contributed by atoms with Crippen LogP contribution in [0.25, 0.3) is 0 Å². The summed E-state index contributed by atoms with van der Waals surface area (Å²) >= 11 is 0. The molecule has 12 heavy (non-hydrogen) atoms. The molecule has 1 rings (SSSR count). The molecule has 1 fully saturated rings. The number of likely N-dealkylation sites (N-methyl/N-ethyl adjacent to an activating group) is 1. The molecule has 0 N–H and O–H groups in total. The highest BCUT2D eigenvalue weighted by Crippen LogP contribution is 2.09. The van der Waals surface area contributed by atoms with Crippen molar-refractivity contribution >= 4 is 7.28 Å². The SMILES string of the molecule is C[B]C1CN(C(C)C)CCN1C. The molecule has 3 heteroatoms. The molecule has 1 heterocycles. The van der Waals surface area contributed by atoms with Gasteiger partial charge in [-0.05, 0) is 26.8 Å². The third kappa shape index (κ3) is 2.24. The standard InChI is InChI=1S/C9H20BN2/c1-8(2)12-6-5-11(4)9(7-12)10-3/h8-9H,5-7H2,1-4H3. The summed E-state index contributed by atoms with van der Waals surface area (Å²) in [5.74, 6) is 0.654. The Labute approximate surface area is 77.2 Å². The Morgan fingerprint density at radius 3 is 2.50 bits per heavy atom.